The maximum Gasteiger partial charge on any atom is 0.337 e. The van der Waals surface area contributed by atoms with Crippen LogP contribution in [-0.4, -0.2) is 26.2 Å². The molecule has 0 aromatic heterocycles. The number of carbonyl (C=O) groups excluding carboxylic acids is 1. The van der Waals surface area contributed by atoms with Gasteiger partial charge in [0, 0.05) is 19.6 Å². The van der Waals surface area contributed by atoms with Crippen molar-refractivity contribution in [2.75, 3.05) is 30.4 Å². The van der Waals surface area contributed by atoms with Crippen molar-refractivity contribution in [1.29, 1.82) is 0 Å². The van der Waals surface area contributed by atoms with Gasteiger partial charge in [0.05, 0.1) is 12.7 Å². The van der Waals surface area contributed by atoms with Gasteiger partial charge in [-0.05, 0) is 30.5 Å². The third-order valence-electron chi connectivity index (χ3n) is 4.15. The van der Waals surface area contributed by atoms with E-state index in [1.54, 1.807) is 24.3 Å². The van der Waals surface area contributed by atoms with E-state index >= 15 is 0 Å². The zero-order valence-corrected chi connectivity index (χ0v) is 12.9. The van der Waals surface area contributed by atoms with E-state index in [1.807, 2.05) is 4.90 Å². The first-order valence-corrected chi connectivity index (χ1v) is 7.61. The smallest absolute Gasteiger partial charge is 0.337 e. The summed E-state index contributed by atoms with van der Waals surface area (Å²) in [5.41, 5.74) is 1.49. The van der Waals surface area contributed by atoms with Crippen LogP contribution in [0.15, 0.2) is 33.9 Å². The van der Waals surface area contributed by atoms with Gasteiger partial charge in [-0.3, -0.25) is 9.59 Å². The largest absolute Gasteiger partial charge is 0.465 e. The minimum Gasteiger partial charge on any atom is -0.465 e. The van der Waals surface area contributed by atoms with Gasteiger partial charge in [-0.25, -0.2) is 4.79 Å². The summed E-state index contributed by atoms with van der Waals surface area (Å²) < 4.78 is 4.65. The Morgan fingerprint density at radius 3 is 2.39 bits per heavy atom. The van der Waals surface area contributed by atoms with Gasteiger partial charge in [0.1, 0.15) is 11.4 Å². The SMILES string of the molecule is COC(=O)c1ccc(CNc2c(N3CCCC3)c(=O)c2=O)cc1. The number of ether oxygens (including phenoxy) is 1. The summed E-state index contributed by atoms with van der Waals surface area (Å²) in [5.74, 6) is -0.386. The second-order valence-corrected chi connectivity index (χ2v) is 5.62. The first-order chi connectivity index (χ1) is 11.1. The Kier molecular flexibility index (Phi) is 4.14. The molecule has 0 spiro atoms. The quantitative estimate of drug-likeness (QED) is 0.662. The molecule has 2 aromatic carbocycles. The summed E-state index contributed by atoms with van der Waals surface area (Å²) in [5, 5.41) is 3.06. The highest BCUT2D eigenvalue weighted by Gasteiger charge is 2.27. The highest BCUT2D eigenvalue weighted by Crippen LogP contribution is 2.24. The van der Waals surface area contributed by atoms with E-state index < -0.39 is 10.9 Å². The second-order valence-electron chi connectivity index (χ2n) is 5.62. The van der Waals surface area contributed by atoms with Gasteiger partial charge < -0.3 is 15.0 Å². The van der Waals surface area contributed by atoms with E-state index in [4.69, 9.17) is 0 Å². The molecule has 23 heavy (non-hydrogen) atoms. The number of nitrogens with one attached hydrogen (secondary N) is 1. The van der Waals surface area contributed by atoms with Crippen molar-refractivity contribution in [1.82, 2.24) is 0 Å². The van der Waals surface area contributed by atoms with Gasteiger partial charge in [-0.2, -0.15) is 0 Å². The molecule has 0 saturated carbocycles. The number of anilines is 2. The zero-order valence-electron chi connectivity index (χ0n) is 12.9. The van der Waals surface area contributed by atoms with E-state index in [0.717, 1.165) is 31.5 Å². The zero-order chi connectivity index (χ0) is 16.4. The lowest BCUT2D eigenvalue weighted by molar-refractivity contribution is 0.0600. The maximum absolute atomic E-state index is 11.8. The van der Waals surface area contributed by atoms with E-state index in [0.29, 0.717) is 23.5 Å². The van der Waals surface area contributed by atoms with Gasteiger partial charge in [0.25, 0.3) is 10.9 Å². The first kappa shape index (κ1) is 15.3. The molecular formula is C17H18N2O4. The van der Waals surface area contributed by atoms with Gasteiger partial charge in [0.15, 0.2) is 0 Å². The lowest BCUT2D eigenvalue weighted by atomic mass is 10.1. The average molecular weight is 314 g/mol. The standard InChI is InChI=1S/C17H18N2O4/c1-23-17(22)12-6-4-11(5-7-12)10-18-13-14(16(21)15(13)20)19-8-2-3-9-19/h4-7,18H,2-3,8-10H2,1H3. The van der Waals surface area contributed by atoms with Crippen molar-refractivity contribution in [2.45, 2.75) is 19.4 Å². The number of esters is 1. The Morgan fingerprint density at radius 1 is 1.13 bits per heavy atom. The van der Waals surface area contributed by atoms with E-state index in [1.165, 1.54) is 7.11 Å². The van der Waals surface area contributed by atoms with Gasteiger partial charge >= 0.3 is 5.97 Å². The molecule has 6 heteroatoms. The van der Waals surface area contributed by atoms with Crippen LogP contribution in [0.25, 0.3) is 0 Å². The molecule has 0 unspecified atom stereocenters. The molecule has 0 amide bonds. The van der Waals surface area contributed by atoms with Gasteiger partial charge in [-0.15, -0.1) is 0 Å². The molecule has 0 bridgehead atoms. The van der Waals surface area contributed by atoms with Crippen LogP contribution >= 0.6 is 0 Å². The Hall–Kier alpha value is -2.63. The van der Waals surface area contributed by atoms with Crippen molar-refractivity contribution in [3.8, 4) is 0 Å². The predicted molar refractivity (Wildman–Crippen MR) is 87.9 cm³/mol. The normalized spacial score (nSPS) is 14.2. The molecule has 6 nitrogen and oxygen atoms in total. The molecule has 1 saturated heterocycles. The minimum atomic E-state index is -0.446. The van der Waals surface area contributed by atoms with Crippen LogP contribution in [-0.2, 0) is 11.3 Å². The Morgan fingerprint density at radius 2 is 1.78 bits per heavy atom. The second kappa shape index (κ2) is 6.24. The highest BCUT2D eigenvalue weighted by atomic mass is 16.5. The molecular weight excluding hydrogens is 296 g/mol. The van der Waals surface area contributed by atoms with E-state index in [-0.39, 0.29) is 5.97 Å². The lowest BCUT2D eigenvalue weighted by Crippen LogP contribution is -2.41. The van der Waals surface area contributed by atoms with Crippen LogP contribution < -0.4 is 21.1 Å². The average Bonchev–Trinajstić information content (AvgIpc) is 3.11. The van der Waals surface area contributed by atoms with Crippen molar-refractivity contribution >= 4 is 17.3 Å². The van der Waals surface area contributed by atoms with Crippen LogP contribution in [0.2, 0.25) is 0 Å². The van der Waals surface area contributed by atoms with Crippen LogP contribution in [0, 0.1) is 0 Å². The third-order valence-corrected chi connectivity index (χ3v) is 4.15. The first-order valence-electron chi connectivity index (χ1n) is 7.61. The van der Waals surface area contributed by atoms with Crippen molar-refractivity contribution in [2.24, 2.45) is 0 Å². The molecule has 1 aliphatic rings. The molecule has 1 fully saturated rings. The number of nitrogens with zero attached hydrogens (tertiary/aromatic N) is 1. The predicted octanol–water partition coefficient (Wildman–Crippen LogP) is 1.28. The molecule has 2 aromatic rings. The highest BCUT2D eigenvalue weighted by molar-refractivity contribution is 5.89. The lowest BCUT2D eigenvalue weighted by Gasteiger charge is -2.22. The molecule has 1 aliphatic heterocycles. The molecule has 0 atom stereocenters. The van der Waals surface area contributed by atoms with Crippen molar-refractivity contribution < 1.29 is 9.53 Å². The van der Waals surface area contributed by atoms with E-state index in [9.17, 15) is 14.4 Å². The van der Waals surface area contributed by atoms with Crippen LogP contribution in [0.5, 0.6) is 0 Å². The molecule has 120 valence electrons. The molecule has 0 aliphatic carbocycles. The van der Waals surface area contributed by atoms with Crippen LogP contribution in [0.1, 0.15) is 28.8 Å². The third kappa shape index (κ3) is 2.84. The monoisotopic (exact) mass is 314 g/mol. The summed E-state index contributed by atoms with van der Waals surface area (Å²) in [6.45, 7) is 2.08. The topological polar surface area (TPSA) is 75.7 Å². The van der Waals surface area contributed by atoms with Crippen molar-refractivity contribution in [3.05, 3.63) is 55.8 Å². The van der Waals surface area contributed by atoms with Crippen LogP contribution in [0.3, 0.4) is 0 Å². The van der Waals surface area contributed by atoms with Gasteiger partial charge in [0.2, 0.25) is 0 Å². The number of methoxy groups -OCH3 is 1. The fraction of sp³-hybridized carbons (Fsp3) is 0.353. The Balaban J connectivity index is 1.69. The summed E-state index contributed by atoms with van der Waals surface area (Å²) in [6.07, 6.45) is 2.10. The molecule has 1 heterocycles. The fourth-order valence-electron chi connectivity index (χ4n) is 2.85. The minimum absolute atomic E-state index is 0.386. The number of hydrogen-bond donors (Lipinski definition) is 1. The number of benzene rings is 1. The summed E-state index contributed by atoms with van der Waals surface area (Å²) in [6, 6.07) is 6.93. The fourth-order valence-corrected chi connectivity index (χ4v) is 2.85. The summed E-state index contributed by atoms with van der Waals surface area (Å²) in [4.78, 5) is 36.9. The van der Waals surface area contributed by atoms with Crippen LogP contribution in [0.4, 0.5) is 11.4 Å². The Bertz CT molecular complexity index is 782. The summed E-state index contributed by atoms with van der Waals surface area (Å²) in [7, 11) is 1.34. The number of rotatable bonds is 5. The Labute approximate surface area is 133 Å². The van der Waals surface area contributed by atoms with Crippen molar-refractivity contribution in [3.63, 3.8) is 0 Å². The molecule has 1 N–H and O–H groups in total. The summed E-state index contributed by atoms with van der Waals surface area (Å²) >= 11 is 0. The van der Waals surface area contributed by atoms with E-state index in [2.05, 4.69) is 10.1 Å². The number of carbonyl (C=O) groups is 1. The molecule has 0 radical (unpaired) electrons. The maximum atomic E-state index is 11.8. The molecule has 3 rings (SSSR count). The number of hydrogen-bond acceptors (Lipinski definition) is 6. The van der Waals surface area contributed by atoms with Gasteiger partial charge in [-0.1, -0.05) is 12.1 Å².